The maximum Gasteiger partial charge on any atom is 0.318 e. The minimum absolute atomic E-state index is 0.597. The zero-order valence-electron chi connectivity index (χ0n) is 9.93. The second-order valence-corrected chi connectivity index (χ2v) is 4.74. The average Bonchev–Trinajstić information content (AvgIpc) is 2.39. The molecule has 2 aromatic carbocycles. The highest BCUT2D eigenvalue weighted by Gasteiger charge is 2.36. The second-order valence-electron chi connectivity index (χ2n) is 4.30. The number of benzene rings is 2. The molecule has 0 amide bonds. The Morgan fingerprint density at radius 2 is 1.50 bits per heavy atom. The van der Waals surface area contributed by atoms with Crippen molar-refractivity contribution in [2.45, 2.75) is 12.3 Å². The highest BCUT2D eigenvalue weighted by atomic mass is 35.5. The summed E-state index contributed by atoms with van der Waals surface area (Å²) in [7, 11) is 0. The fraction of sp³-hybridized carbons (Fsp3) is 0.133. The summed E-state index contributed by atoms with van der Waals surface area (Å²) in [5.74, 6) is -0.879. The number of halogens is 1. The first-order chi connectivity index (χ1) is 8.55. The van der Waals surface area contributed by atoms with Gasteiger partial charge in [0.15, 0.2) is 0 Å². The molecule has 0 fully saturated rings. The maximum atomic E-state index is 11.7. The Morgan fingerprint density at radius 3 is 2.00 bits per heavy atom. The fourth-order valence-electron chi connectivity index (χ4n) is 1.97. The Balaban J connectivity index is 2.58. The molecule has 0 spiro atoms. The molecule has 2 rings (SSSR count). The van der Waals surface area contributed by atoms with Gasteiger partial charge in [-0.3, -0.25) is 4.79 Å². The van der Waals surface area contributed by atoms with Crippen molar-refractivity contribution < 1.29 is 9.90 Å². The van der Waals surface area contributed by atoms with Gasteiger partial charge in [-0.2, -0.15) is 0 Å². The van der Waals surface area contributed by atoms with Crippen LogP contribution < -0.4 is 0 Å². The molecule has 3 heteroatoms. The molecule has 0 aliphatic rings. The van der Waals surface area contributed by atoms with Crippen molar-refractivity contribution in [2.24, 2.45) is 0 Å². The number of carboxylic acid groups (broad SMARTS) is 1. The Bertz CT molecular complexity index is 548. The lowest BCUT2D eigenvalue weighted by molar-refractivity contribution is -0.141. The van der Waals surface area contributed by atoms with Crippen LogP contribution in [0, 0.1) is 0 Å². The molecular formula is C15H13ClO2. The first kappa shape index (κ1) is 12.7. The summed E-state index contributed by atoms with van der Waals surface area (Å²) in [6.07, 6.45) is 0. The van der Waals surface area contributed by atoms with Crippen LogP contribution in [0.2, 0.25) is 5.02 Å². The Morgan fingerprint density at radius 1 is 1.00 bits per heavy atom. The molecule has 92 valence electrons. The topological polar surface area (TPSA) is 37.3 Å². The molecule has 0 saturated heterocycles. The van der Waals surface area contributed by atoms with E-state index in [0.717, 1.165) is 5.56 Å². The molecule has 0 aliphatic heterocycles. The van der Waals surface area contributed by atoms with E-state index in [0.29, 0.717) is 10.6 Å². The maximum absolute atomic E-state index is 11.7. The third kappa shape index (κ3) is 2.12. The molecular weight excluding hydrogens is 248 g/mol. The summed E-state index contributed by atoms with van der Waals surface area (Å²) in [6, 6.07) is 16.1. The monoisotopic (exact) mass is 260 g/mol. The standard InChI is InChI=1S/C15H13ClO2/c1-15(14(17)18,11-5-3-2-4-6-11)12-7-9-13(16)10-8-12/h2-10H,1H3,(H,17,18). The number of aliphatic carboxylic acids is 1. The highest BCUT2D eigenvalue weighted by Crippen LogP contribution is 2.32. The lowest BCUT2D eigenvalue weighted by Gasteiger charge is -2.26. The van der Waals surface area contributed by atoms with Gasteiger partial charge < -0.3 is 5.11 Å². The highest BCUT2D eigenvalue weighted by molar-refractivity contribution is 6.30. The summed E-state index contributed by atoms with van der Waals surface area (Å²) in [5.41, 5.74) is 0.400. The third-order valence-electron chi connectivity index (χ3n) is 3.20. The molecule has 2 aromatic rings. The summed E-state index contributed by atoms with van der Waals surface area (Å²) < 4.78 is 0. The van der Waals surface area contributed by atoms with E-state index in [1.165, 1.54) is 0 Å². The first-order valence-corrected chi connectivity index (χ1v) is 5.98. The number of carbonyl (C=O) groups is 1. The largest absolute Gasteiger partial charge is 0.480 e. The number of hydrogen-bond donors (Lipinski definition) is 1. The molecule has 0 saturated carbocycles. The van der Waals surface area contributed by atoms with Crippen LogP contribution in [0.5, 0.6) is 0 Å². The van der Waals surface area contributed by atoms with E-state index in [4.69, 9.17) is 11.6 Å². The molecule has 18 heavy (non-hydrogen) atoms. The van der Waals surface area contributed by atoms with Crippen LogP contribution in [-0.2, 0) is 10.2 Å². The van der Waals surface area contributed by atoms with E-state index in [1.807, 2.05) is 30.3 Å². The van der Waals surface area contributed by atoms with Crippen LogP contribution in [-0.4, -0.2) is 11.1 Å². The van der Waals surface area contributed by atoms with Crippen molar-refractivity contribution in [1.82, 2.24) is 0 Å². The third-order valence-corrected chi connectivity index (χ3v) is 3.45. The molecule has 1 atom stereocenters. The van der Waals surface area contributed by atoms with Crippen molar-refractivity contribution in [3.05, 3.63) is 70.7 Å². The van der Waals surface area contributed by atoms with E-state index in [-0.39, 0.29) is 0 Å². The minimum Gasteiger partial charge on any atom is -0.480 e. The van der Waals surface area contributed by atoms with Crippen molar-refractivity contribution in [2.75, 3.05) is 0 Å². The van der Waals surface area contributed by atoms with E-state index >= 15 is 0 Å². The molecule has 0 bridgehead atoms. The number of rotatable bonds is 3. The summed E-state index contributed by atoms with van der Waals surface area (Å²) >= 11 is 5.84. The molecule has 0 heterocycles. The number of hydrogen-bond acceptors (Lipinski definition) is 1. The average molecular weight is 261 g/mol. The van der Waals surface area contributed by atoms with Crippen molar-refractivity contribution in [3.63, 3.8) is 0 Å². The van der Waals surface area contributed by atoms with Crippen molar-refractivity contribution >= 4 is 17.6 Å². The second kappa shape index (κ2) is 4.83. The van der Waals surface area contributed by atoms with Crippen LogP contribution in [0.25, 0.3) is 0 Å². The Kier molecular flexibility index (Phi) is 3.39. The van der Waals surface area contributed by atoms with Gasteiger partial charge in [0.25, 0.3) is 0 Å². The van der Waals surface area contributed by atoms with Gasteiger partial charge in [-0.25, -0.2) is 0 Å². The van der Waals surface area contributed by atoms with E-state index < -0.39 is 11.4 Å². The van der Waals surface area contributed by atoms with Gasteiger partial charge in [-0.05, 0) is 30.2 Å². The van der Waals surface area contributed by atoms with Crippen molar-refractivity contribution in [3.8, 4) is 0 Å². The van der Waals surface area contributed by atoms with Gasteiger partial charge in [0.05, 0.1) is 0 Å². The molecule has 1 unspecified atom stereocenters. The normalized spacial score (nSPS) is 13.9. The van der Waals surface area contributed by atoms with Crippen LogP contribution in [0.15, 0.2) is 54.6 Å². The number of carboxylic acids is 1. The van der Waals surface area contributed by atoms with Crippen molar-refractivity contribution in [1.29, 1.82) is 0 Å². The zero-order chi connectivity index (χ0) is 13.2. The molecule has 2 nitrogen and oxygen atoms in total. The summed E-state index contributed by atoms with van der Waals surface area (Å²) in [6.45, 7) is 1.70. The van der Waals surface area contributed by atoms with Crippen LogP contribution in [0.4, 0.5) is 0 Å². The predicted octanol–water partition coefficient (Wildman–Crippen LogP) is 3.73. The lowest BCUT2D eigenvalue weighted by atomic mass is 9.76. The first-order valence-electron chi connectivity index (χ1n) is 5.60. The van der Waals surface area contributed by atoms with Gasteiger partial charge >= 0.3 is 5.97 Å². The molecule has 0 aliphatic carbocycles. The lowest BCUT2D eigenvalue weighted by Crippen LogP contribution is -2.33. The molecule has 0 aromatic heterocycles. The van der Waals surface area contributed by atoms with Gasteiger partial charge in [-0.15, -0.1) is 0 Å². The van der Waals surface area contributed by atoms with Gasteiger partial charge in [0, 0.05) is 5.02 Å². The van der Waals surface area contributed by atoms with Gasteiger partial charge in [0.2, 0.25) is 0 Å². The van der Waals surface area contributed by atoms with Gasteiger partial charge in [0.1, 0.15) is 5.41 Å². The Hall–Kier alpha value is -1.80. The molecule has 0 radical (unpaired) electrons. The Labute approximate surface area is 111 Å². The fourth-order valence-corrected chi connectivity index (χ4v) is 2.09. The summed E-state index contributed by atoms with van der Waals surface area (Å²) in [4.78, 5) is 11.7. The molecule has 1 N–H and O–H groups in total. The van der Waals surface area contributed by atoms with Crippen LogP contribution in [0.3, 0.4) is 0 Å². The SMILES string of the molecule is CC(C(=O)O)(c1ccccc1)c1ccc(Cl)cc1. The van der Waals surface area contributed by atoms with E-state index in [9.17, 15) is 9.90 Å². The van der Waals surface area contributed by atoms with Crippen LogP contribution >= 0.6 is 11.6 Å². The van der Waals surface area contributed by atoms with Crippen LogP contribution in [0.1, 0.15) is 18.1 Å². The summed E-state index contributed by atoms with van der Waals surface area (Å²) in [5, 5.41) is 10.2. The smallest absolute Gasteiger partial charge is 0.318 e. The quantitative estimate of drug-likeness (QED) is 0.913. The van der Waals surface area contributed by atoms with E-state index in [2.05, 4.69) is 0 Å². The minimum atomic E-state index is -1.06. The van der Waals surface area contributed by atoms with E-state index in [1.54, 1.807) is 31.2 Å². The van der Waals surface area contributed by atoms with Gasteiger partial charge in [-0.1, -0.05) is 54.1 Å². The predicted molar refractivity (Wildman–Crippen MR) is 72.0 cm³/mol. The zero-order valence-corrected chi connectivity index (χ0v) is 10.7.